The average Bonchev–Trinajstić information content (AvgIpc) is 2.45. The number of pyridine rings is 1. The van der Waals surface area contributed by atoms with Crippen LogP contribution in [0.5, 0.6) is 0 Å². The Morgan fingerprint density at radius 2 is 2.25 bits per heavy atom. The molecule has 0 aliphatic carbocycles. The lowest BCUT2D eigenvalue weighted by molar-refractivity contribution is -0.147. The standard InChI is InChI=1S/C15H13ClN2O2/c1-3-20-14(19)15(2,9-17)12-6-7-18-13-8-10(16)4-5-11(12)13/h4-8H,3H2,1-2H3. The van der Waals surface area contributed by atoms with Gasteiger partial charge in [-0.25, -0.2) is 4.79 Å². The van der Waals surface area contributed by atoms with Gasteiger partial charge in [-0.1, -0.05) is 17.7 Å². The summed E-state index contributed by atoms with van der Waals surface area (Å²) in [6.07, 6.45) is 1.56. The Kier molecular flexibility index (Phi) is 3.91. The number of halogens is 1. The minimum atomic E-state index is -1.37. The molecule has 0 saturated heterocycles. The van der Waals surface area contributed by atoms with E-state index in [0.717, 1.165) is 0 Å². The van der Waals surface area contributed by atoms with Crippen LogP contribution in [0.1, 0.15) is 19.4 Å². The molecule has 102 valence electrons. The van der Waals surface area contributed by atoms with Gasteiger partial charge in [0.05, 0.1) is 18.2 Å². The molecular formula is C15H13ClN2O2. The van der Waals surface area contributed by atoms with Crippen LogP contribution in [0.3, 0.4) is 0 Å². The Labute approximate surface area is 121 Å². The largest absolute Gasteiger partial charge is 0.465 e. The molecule has 1 aromatic heterocycles. The first-order valence-electron chi connectivity index (χ1n) is 6.16. The topological polar surface area (TPSA) is 63.0 Å². The van der Waals surface area contributed by atoms with E-state index in [-0.39, 0.29) is 6.61 Å². The van der Waals surface area contributed by atoms with Crippen molar-refractivity contribution in [1.82, 2.24) is 4.98 Å². The maximum Gasteiger partial charge on any atom is 0.330 e. The van der Waals surface area contributed by atoms with Crippen molar-refractivity contribution in [1.29, 1.82) is 5.26 Å². The number of ether oxygens (including phenoxy) is 1. The van der Waals surface area contributed by atoms with Crippen LogP contribution >= 0.6 is 11.6 Å². The SMILES string of the molecule is CCOC(=O)C(C)(C#N)c1ccnc2cc(Cl)ccc12. The maximum atomic E-state index is 12.1. The van der Waals surface area contributed by atoms with Crippen molar-refractivity contribution in [2.75, 3.05) is 6.61 Å². The third kappa shape index (κ3) is 2.33. The maximum absolute atomic E-state index is 12.1. The number of hydrogen-bond donors (Lipinski definition) is 0. The normalized spacial score (nSPS) is 13.5. The van der Waals surface area contributed by atoms with E-state index in [1.165, 1.54) is 0 Å². The highest BCUT2D eigenvalue weighted by molar-refractivity contribution is 6.31. The van der Waals surface area contributed by atoms with Crippen molar-refractivity contribution in [2.45, 2.75) is 19.3 Å². The fourth-order valence-electron chi connectivity index (χ4n) is 2.05. The van der Waals surface area contributed by atoms with Crippen LogP contribution in [0, 0.1) is 11.3 Å². The van der Waals surface area contributed by atoms with E-state index < -0.39 is 11.4 Å². The summed E-state index contributed by atoms with van der Waals surface area (Å²) < 4.78 is 5.02. The first-order valence-corrected chi connectivity index (χ1v) is 6.54. The molecule has 1 unspecified atom stereocenters. The first-order chi connectivity index (χ1) is 9.52. The Morgan fingerprint density at radius 3 is 2.90 bits per heavy atom. The molecule has 0 bridgehead atoms. The average molecular weight is 289 g/mol. The highest BCUT2D eigenvalue weighted by Gasteiger charge is 2.38. The van der Waals surface area contributed by atoms with Crippen molar-refractivity contribution in [2.24, 2.45) is 0 Å². The molecule has 1 atom stereocenters. The van der Waals surface area contributed by atoms with Crippen molar-refractivity contribution >= 4 is 28.5 Å². The fourth-order valence-corrected chi connectivity index (χ4v) is 2.21. The third-order valence-electron chi connectivity index (χ3n) is 3.15. The molecule has 0 fully saturated rings. The summed E-state index contributed by atoms with van der Waals surface area (Å²) >= 11 is 5.93. The van der Waals surface area contributed by atoms with Crippen LogP contribution in [-0.2, 0) is 14.9 Å². The summed E-state index contributed by atoms with van der Waals surface area (Å²) in [5.74, 6) is -0.565. The summed E-state index contributed by atoms with van der Waals surface area (Å²) in [6.45, 7) is 3.49. The predicted molar refractivity (Wildman–Crippen MR) is 76.4 cm³/mol. The second-order valence-corrected chi connectivity index (χ2v) is 4.91. The van der Waals surface area contributed by atoms with E-state index in [4.69, 9.17) is 16.3 Å². The molecule has 5 heteroatoms. The fraction of sp³-hybridized carbons (Fsp3) is 0.267. The predicted octanol–water partition coefficient (Wildman–Crippen LogP) is 3.23. The second-order valence-electron chi connectivity index (χ2n) is 4.48. The molecule has 0 aliphatic heterocycles. The minimum Gasteiger partial charge on any atom is -0.465 e. The monoisotopic (exact) mass is 288 g/mol. The van der Waals surface area contributed by atoms with Gasteiger partial charge in [0, 0.05) is 16.6 Å². The summed E-state index contributed by atoms with van der Waals surface area (Å²) in [5.41, 5.74) is -0.161. The molecule has 20 heavy (non-hydrogen) atoms. The van der Waals surface area contributed by atoms with Gasteiger partial charge in [0.1, 0.15) is 0 Å². The van der Waals surface area contributed by atoms with E-state index in [1.807, 2.05) is 0 Å². The third-order valence-corrected chi connectivity index (χ3v) is 3.39. The number of esters is 1. The van der Waals surface area contributed by atoms with Crippen molar-refractivity contribution in [3.05, 3.63) is 41.0 Å². The number of aromatic nitrogens is 1. The molecule has 0 amide bonds. The van der Waals surface area contributed by atoms with Crippen molar-refractivity contribution in [3.63, 3.8) is 0 Å². The van der Waals surface area contributed by atoms with Gasteiger partial charge in [0.25, 0.3) is 0 Å². The first kappa shape index (κ1) is 14.3. The van der Waals surface area contributed by atoms with Crippen LogP contribution < -0.4 is 0 Å². The van der Waals surface area contributed by atoms with Crippen LogP contribution in [0.25, 0.3) is 10.9 Å². The van der Waals surface area contributed by atoms with Gasteiger partial charge in [-0.2, -0.15) is 5.26 Å². The number of nitriles is 1. The van der Waals surface area contributed by atoms with Crippen LogP contribution in [0.4, 0.5) is 0 Å². The van der Waals surface area contributed by atoms with E-state index in [9.17, 15) is 10.1 Å². The Hall–Kier alpha value is -2.12. The van der Waals surface area contributed by atoms with Crippen molar-refractivity contribution in [3.8, 4) is 6.07 Å². The zero-order valence-electron chi connectivity index (χ0n) is 11.2. The number of hydrogen-bond acceptors (Lipinski definition) is 4. The lowest BCUT2D eigenvalue weighted by Crippen LogP contribution is -2.33. The van der Waals surface area contributed by atoms with Gasteiger partial charge >= 0.3 is 5.97 Å². The minimum absolute atomic E-state index is 0.227. The zero-order valence-corrected chi connectivity index (χ0v) is 11.9. The smallest absolute Gasteiger partial charge is 0.330 e. The van der Waals surface area contributed by atoms with Gasteiger partial charge in [-0.3, -0.25) is 4.98 Å². The Balaban J connectivity index is 2.67. The lowest BCUT2D eigenvalue weighted by atomic mass is 9.82. The molecule has 1 aromatic carbocycles. The lowest BCUT2D eigenvalue weighted by Gasteiger charge is -2.21. The number of carbonyl (C=O) groups is 1. The van der Waals surface area contributed by atoms with Gasteiger partial charge < -0.3 is 4.74 Å². The van der Waals surface area contributed by atoms with Gasteiger partial charge in [-0.05, 0) is 37.6 Å². The van der Waals surface area contributed by atoms with Crippen molar-refractivity contribution < 1.29 is 9.53 Å². The summed E-state index contributed by atoms with van der Waals surface area (Å²) in [4.78, 5) is 16.3. The molecule has 0 spiro atoms. The summed E-state index contributed by atoms with van der Waals surface area (Å²) in [6, 6.07) is 8.88. The number of fused-ring (bicyclic) bond motifs is 1. The second kappa shape index (κ2) is 5.48. The van der Waals surface area contributed by atoms with Gasteiger partial charge in [-0.15, -0.1) is 0 Å². The van der Waals surface area contributed by atoms with E-state index >= 15 is 0 Å². The molecule has 0 aliphatic rings. The van der Waals surface area contributed by atoms with E-state index in [2.05, 4.69) is 11.1 Å². The number of nitrogens with zero attached hydrogens (tertiary/aromatic N) is 2. The molecule has 2 aromatic rings. The molecule has 2 rings (SSSR count). The van der Waals surface area contributed by atoms with Gasteiger partial charge in [0.15, 0.2) is 5.41 Å². The molecule has 4 nitrogen and oxygen atoms in total. The summed E-state index contributed by atoms with van der Waals surface area (Å²) in [5, 5.41) is 10.7. The van der Waals surface area contributed by atoms with E-state index in [1.54, 1.807) is 44.3 Å². The van der Waals surface area contributed by atoms with Gasteiger partial charge in [0.2, 0.25) is 0 Å². The van der Waals surface area contributed by atoms with Crippen LogP contribution in [-0.4, -0.2) is 17.6 Å². The molecule has 0 radical (unpaired) electrons. The molecule has 0 N–H and O–H groups in total. The Morgan fingerprint density at radius 1 is 1.50 bits per heavy atom. The zero-order chi connectivity index (χ0) is 14.8. The number of rotatable bonds is 3. The number of benzene rings is 1. The van der Waals surface area contributed by atoms with E-state index in [0.29, 0.717) is 21.5 Å². The molecule has 0 saturated carbocycles. The Bertz CT molecular complexity index is 709. The number of carbonyl (C=O) groups excluding carboxylic acids is 1. The molecule has 1 heterocycles. The highest BCUT2D eigenvalue weighted by Crippen LogP contribution is 2.31. The van der Waals surface area contributed by atoms with Crippen LogP contribution in [0.2, 0.25) is 5.02 Å². The summed E-state index contributed by atoms with van der Waals surface area (Å²) in [7, 11) is 0. The quantitative estimate of drug-likeness (QED) is 0.814. The molecular weight excluding hydrogens is 276 g/mol. The van der Waals surface area contributed by atoms with Crippen LogP contribution in [0.15, 0.2) is 30.5 Å². The highest BCUT2D eigenvalue weighted by atomic mass is 35.5.